The van der Waals surface area contributed by atoms with Crippen LogP contribution in [0.15, 0.2) is 119 Å². The Kier molecular flexibility index (Phi) is 23.2. The van der Waals surface area contributed by atoms with Crippen molar-refractivity contribution in [1.29, 1.82) is 0 Å². The number of aliphatic hydroxyl groups excluding tert-OH is 1. The molecule has 0 amide bonds. The van der Waals surface area contributed by atoms with Crippen LogP contribution in [0.3, 0.4) is 0 Å². The maximum Gasteiger partial charge on any atom is 0.311 e. The molecule has 0 aromatic heterocycles. The lowest BCUT2D eigenvalue weighted by atomic mass is 9.62. The van der Waals surface area contributed by atoms with E-state index in [0.717, 1.165) is 21.2 Å². The maximum absolute atomic E-state index is 14.3. The number of aliphatic hydroxyl groups is 1. The van der Waals surface area contributed by atoms with Gasteiger partial charge in [-0.2, -0.15) is 8.42 Å². The second-order valence-corrected chi connectivity index (χ2v) is 20.1. The minimum Gasteiger partial charge on any atom is -0.466 e. The van der Waals surface area contributed by atoms with E-state index in [9.17, 15) is 41.9 Å². The van der Waals surface area contributed by atoms with Crippen molar-refractivity contribution in [2.24, 2.45) is 23.7 Å². The lowest BCUT2D eigenvalue weighted by Crippen LogP contribution is -2.28. The molecule has 3 N–H and O–H groups in total. The first-order valence-electron chi connectivity index (χ1n) is 22.4. The maximum atomic E-state index is 14.3. The second-order valence-electron chi connectivity index (χ2n) is 16.7. The normalized spacial score (nSPS) is 13.1. The Balaban J connectivity index is 0.000000310. The van der Waals surface area contributed by atoms with E-state index < -0.39 is 47.7 Å². The highest BCUT2D eigenvalue weighted by molar-refractivity contribution is 9.10. The predicted octanol–water partition coefficient (Wildman–Crippen LogP) is 11.1. The Morgan fingerprint density at radius 1 is 0.662 bits per heavy atom. The molecule has 0 radical (unpaired) electrons. The Hall–Kier alpha value is -4.12. The highest BCUT2D eigenvalue weighted by atomic mass is 79.9. The summed E-state index contributed by atoms with van der Waals surface area (Å²) in [6.45, 7) is 5.31. The van der Waals surface area contributed by atoms with Gasteiger partial charge in [-0.25, -0.2) is 8.78 Å². The standard InChI is InChI=1S/C28H30BBrClFO6S.C22H27BClFO4/c1-3-37-28(33)22(18-38-39(35,36)25-11-8-23(30)9-12-25)15-20(17-29(2)34)14-19-4-6-21(7-5-19)26-16-24(31)10-13-27(26)32;1-3-29-22(27)18(14-26)11-16(13-23(2)28)10-15-4-6-17(7-5-15)20-12-19(24)8-9-21(20)25/h4-13,16,20,22,34H,3,14-15,17-18H2,1-2H3;4-9,12,16,18,26,28H,3,10-11,13-14H2,1-2H3/t20-,22+;16-,18+/m11/s1. The third kappa shape index (κ3) is 18.3. The van der Waals surface area contributed by atoms with Crippen LogP contribution in [0.25, 0.3) is 22.3 Å². The Bertz CT molecular complexity index is 2490. The van der Waals surface area contributed by atoms with Crippen LogP contribution in [0.5, 0.6) is 0 Å². The van der Waals surface area contributed by atoms with Gasteiger partial charge in [0, 0.05) is 25.6 Å². The zero-order valence-electron chi connectivity index (χ0n) is 38.4. The van der Waals surface area contributed by atoms with E-state index >= 15 is 0 Å². The number of hydrogen-bond acceptors (Lipinski definition) is 10. The first-order valence-corrected chi connectivity index (χ1v) is 25.3. The highest BCUT2D eigenvalue weighted by Gasteiger charge is 2.30. The van der Waals surface area contributed by atoms with E-state index in [-0.39, 0.29) is 61.2 Å². The molecule has 5 rings (SSSR count). The molecule has 0 aliphatic carbocycles. The third-order valence-electron chi connectivity index (χ3n) is 11.0. The molecule has 0 spiro atoms. The van der Waals surface area contributed by atoms with Crippen molar-refractivity contribution < 1.29 is 55.6 Å². The van der Waals surface area contributed by atoms with Crippen molar-refractivity contribution in [1.82, 2.24) is 0 Å². The smallest absolute Gasteiger partial charge is 0.311 e. The molecule has 5 aromatic rings. The van der Waals surface area contributed by atoms with E-state index in [1.165, 1.54) is 36.4 Å². The molecule has 0 saturated heterocycles. The molecular formula is C50H57B2BrCl2F2O10S. The van der Waals surface area contributed by atoms with E-state index in [1.807, 2.05) is 36.4 Å². The van der Waals surface area contributed by atoms with Gasteiger partial charge < -0.3 is 24.6 Å². The second kappa shape index (κ2) is 27.9. The number of rotatable bonds is 23. The van der Waals surface area contributed by atoms with Gasteiger partial charge in [-0.15, -0.1) is 0 Å². The van der Waals surface area contributed by atoms with E-state index in [1.54, 1.807) is 63.9 Å². The lowest BCUT2D eigenvalue weighted by molar-refractivity contribution is -0.150. The fraction of sp³-hybridized carbons (Fsp3) is 0.360. The summed E-state index contributed by atoms with van der Waals surface area (Å²) in [6, 6.07) is 29.6. The van der Waals surface area contributed by atoms with Crippen LogP contribution >= 0.6 is 39.1 Å². The topological polar surface area (TPSA) is 157 Å². The Labute approximate surface area is 417 Å². The van der Waals surface area contributed by atoms with Gasteiger partial charge in [-0.05, 0) is 147 Å². The van der Waals surface area contributed by atoms with Gasteiger partial charge in [0.15, 0.2) is 0 Å². The summed E-state index contributed by atoms with van der Waals surface area (Å²) in [5.41, 5.74) is 4.14. The van der Waals surface area contributed by atoms with Crippen LogP contribution in [-0.4, -0.2) is 75.8 Å². The van der Waals surface area contributed by atoms with Crippen LogP contribution in [0.4, 0.5) is 8.78 Å². The van der Waals surface area contributed by atoms with E-state index in [2.05, 4.69) is 15.9 Å². The van der Waals surface area contributed by atoms with Crippen molar-refractivity contribution in [3.8, 4) is 22.3 Å². The zero-order valence-corrected chi connectivity index (χ0v) is 42.3. The lowest BCUT2D eigenvalue weighted by Gasteiger charge is -2.23. The molecule has 68 heavy (non-hydrogen) atoms. The van der Waals surface area contributed by atoms with Gasteiger partial charge in [0.1, 0.15) is 11.6 Å². The van der Waals surface area contributed by atoms with Gasteiger partial charge in [0.05, 0.1) is 43.2 Å². The summed E-state index contributed by atoms with van der Waals surface area (Å²) < 4.78 is 70.0. The number of benzene rings is 5. The monoisotopic (exact) mass is 1060 g/mol. The molecule has 18 heteroatoms. The Morgan fingerprint density at radius 2 is 1.07 bits per heavy atom. The molecule has 0 heterocycles. The summed E-state index contributed by atoms with van der Waals surface area (Å²) in [7, 11) is -4.09. The fourth-order valence-electron chi connectivity index (χ4n) is 7.88. The van der Waals surface area contributed by atoms with E-state index in [0.29, 0.717) is 58.6 Å². The van der Waals surface area contributed by atoms with Crippen molar-refractivity contribution in [3.05, 3.63) is 146 Å². The number of carbonyl (C=O) groups is 2. The van der Waals surface area contributed by atoms with Gasteiger partial charge in [0.2, 0.25) is 0 Å². The minimum atomic E-state index is -4.09. The molecular weight excluding hydrogens is 1000 g/mol. The summed E-state index contributed by atoms with van der Waals surface area (Å²) >= 11 is 15.3. The molecule has 0 bridgehead atoms. The van der Waals surface area contributed by atoms with Gasteiger partial charge in [0.25, 0.3) is 23.9 Å². The average Bonchev–Trinajstić information content (AvgIpc) is 3.29. The van der Waals surface area contributed by atoms with Gasteiger partial charge in [-0.1, -0.05) is 101 Å². The molecule has 4 atom stereocenters. The van der Waals surface area contributed by atoms with Crippen LogP contribution in [0, 0.1) is 35.3 Å². The first-order chi connectivity index (χ1) is 32.3. The van der Waals surface area contributed by atoms with Crippen LogP contribution < -0.4 is 0 Å². The van der Waals surface area contributed by atoms with Crippen molar-refractivity contribution in [2.45, 2.75) is 70.7 Å². The summed E-state index contributed by atoms with van der Waals surface area (Å²) in [5.74, 6) is -3.37. The SMILES string of the molecule is CCOC(=O)[C@H](CO)C[C@H](CB(C)O)Cc1ccc(-c2cc(Cl)ccc2F)cc1.CCOC(=O)[C@H](COS(=O)(=O)c1ccc(Br)cc1)C[C@H](CB(C)O)Cc1ccc(-c2cc(Cl)ccc2F)cc1. The minimum absolute atomic E-state index is 0.00897. The molecule has 5 aromatic carbocycles. The summed E-state index contributed by atoms with van der Waals surface area (Å²) in [4.78, 5) is 24.8. The van der Waals surface area contributed by atoms with Crippen LogP contribution in [0.2, 0.25) is 36.3 Å². The molecule has 0 aliphatic heterocycles. The largest absolute Gasteiger partial charge is 0.466 e. The predicted molar refractivity (Wildman–Crippen MR) is 269 cm³/mol. The number of esters is 2. The van der Waals surface area contributed by atoms with Crippen LogP contribution in [-0.2, 0) is 46.2 Å². The number of hydrogen-bond donors (Lipinski definition) is 3. The quantitative estimate of drug-likeness (QED) is 0.0327. The summed E-state index contributed by atoms with van der Waals surface area (Å²) in [5, 5.41) is 30.5. The number of ether oxygens (including phenoxy) is 2. The number of halogens is 5. The average molecular weight is 1060 g/mol. The molecule has 0 aliphatic rings. The first kappa shape index (κ1) is 56.5. The van der Waals surface area contributed by atoms with Crippen molar-refractivity contribution in [2.75, 3.05) is 26.4 Å². The molecule has 0 saturated carbocycles. The number of carbonyl (C=O) groups excluding carboxylic acids is 2. The molecule has 10 nitrogen and oxygen atoms in total. The summed E-state index contributed by atoms with van der Waals surface area (Å²) in [6.07, 6.45) is 2.66. The fourth-order valence-corrected chi connectivity index (χ4v) is 9.44. The molecule has 364 valence electrons. The van der Waals surface area contributed by atoms with Gasteiger partial charge >= 0.3 is 11.9 Å². The zero-order chi connectivity index (χ0) is 50.0. The molecule has 0 fully saturated rings. The van der Waals surface area contributed by atoms with Gasteiger partial charge in [-0.3, -0.25) is 13.8 Å². The van der Waals surface area contributed by atoms with Crippen molar-refractivity contribution in [3.63, 3.8) is 0 Å². The van der Waals surface area contributed by atoms with Crippen molar-refractivity contribution >= 4 is 75.0 Å². The molecule has 0 unspecified atom stereocenters. The third-order valence-corrected chi connectivity index (χ3v) is 13.3. The van der Waals surface area contributed by atoms with E-state index in [4.69, 9.17) is 36.9 Å². The highest BCUT2D eigenvalue weighted by Crippen LogP contribution is 2.31. The van der Waals surface area contributed by atoms with Crippen LogP contribution in [0.1, 0.15) is 37.8 Å². The Morgan fingerprint density at radius 3 is 1.47 bits per heavy atom.